The van der Waals surface area contributed by atoms with Crippen molar-refractivity contribution in [2.45, 2.75) is 0 Å². The molecule has 0 radical (unpaired) electrons. The molecule has 2 aromatic carbocycles. The van der Waals surface area contributed by atoms with Gasteiger partial charge in [0.2, 0.25) is 0 Å². The Morgan fingerprint density at radius 1 is 1.21 bits per heavy atom. The summed E-state index contributed by atoms with van der Waals surface area (Å²) >= 11 is 3.19. The van der Waals surface area contributed by atoms with Gasteiger partial charge in [-0.25, -0.2) is 19.6 Å². The van der Waals surface area contributed by atoms with Gasteiger partial charge in [-0.1, -0.05) is 0 Å². The number of nitrogens with zero attached hydrogens (tertiary/aromatic N) is 6. The molecule has 0 atom stereocenters. The van der Waals surface area contributed by atoms with Crippen molar-refractivity contribution in [3.63, 3.8) is 0 Å². The lowest BCUT2D eigenvalue weighted by Gasteiger charge is -2.10. The number of ether oxygens (including phenoxy) is 1. The normalized spacial score (nSPS) is 10.8. The van der Waals surface area contributed by atoms with Crippen molar-refractivity contribution < 1.29 is 19.0 Å². The minimum absolute atomic E-state index is 0.0502. The molecule has 3 N–H and O–H groups in total. The molecule has 4 aromatic rings. The fraction of sp³-hybridized carbons (Fsp3) is 0. The number of amides is 2. The maximum atomic E-state index is 14.5. The van der Waals surface area contributed by atoms with E-state index in [0.29, 0.717) is 21.6 Å². The molecule has 0 bridgehead atoms. The predicted molar refractivity (Wildman–Crippen MR) is 119 cm³/mol. The molecule has 2 aromatic heterocycles. The lowest BCUT2D eigenvalue weighted by atomic mass is 10.2. The number of carbonyl (C=O) groups is 1. The van der Waals surface area contributed by atoms with E-state index in [0.717, 1.165) is 6.07 Å². The zero-order chi connectivity index (χ0) is 23.2. The van der Waals surface area contributed by atoms with Crippen LogP contribution in [0.25, 0.3) is 5.82 Å². The van der Waals surface area contributed by atoms with Crippen molar-refractivity contribution in [2.24, 2.45) is 5.10 Å². The summed E-state index contributed by atoms with van der Waals surface area (Å²) in [5.74, 6) is 0.0668. The van der Waals surface area contributed by atoms with E-state index in [1.807, 2.05) is 0 Å². The number of phenols is 1. The van der Waals surface area contributed by atoms with Gasteiger partial charge >= 0.3 is 6.03 Å². The fourth-order valence-electron chi connectivity index (χ4n) is 2.57. The number of hydrazone groups is 1. The van der Waals surface area contributed by atoms with Gasteiger partial charge in [-0.2, -0.15) is 9.78 Å². The van der Waals surface area contributed by atoms with Crippen molar-refractivity contribution in [1.29, 1.82) is 0 Å². The van der Waals surface area contributed by atoms with Crippen molar-refractivity contribution in [3.8, 4) is 23.1 Å². The molecule has 0 fully saturated rings. The maximum absolute atomic E-state index is 14.5. The molecule has 11 nitrogen and oxygen atoms in total. The third kappa shape index (κ3) is 5.65. The number of urea groups is 1. The van der Waals surface area contributed by atoms with Crippen molar-refractivity contribution in [2.75, 3.05) is 5.32 Å². The Bertz CT molecular complexity index is 1320. The first-order chi connectivity index (χ1) is 16.0. The standard InChI is InChI=1S/C20H14BrFN8O3/c21-15-7-12(1-3-17(15)31)10-24-27-20(32)26-13-2-4-18(16(22)8-13)33-14-5-6-23-19(9-14)30-11-25-28-29-30/h1-11,31H,(H2,26,27,32)/b24-10+. The summed E-state index contributed by atoms with van der Waals surface area (Å²) in [6, 6.07) is 11.1. The summed E-state index contributed by atoms with van der Waals surface area (Å²) in [5, 5.41) is 26.5. The van der Waals surface area contributed by atoms with Crippen LogP contribution >= 0.6 is 15.9 Å². The van der Waals surface area contributed by atoms with Gasteiger partial charge in [0.05, 0.1) is 10.7 Å². The third-order valence-electron chi connectivity index (χ3n) is 4.07. The van der Waals surface area contributed by atoms with Crippen LogP contribution in [-0.2, 0) is 0 Å². The number of phenolic OH excluding ortho intramolecular Hbond substituents is 1. The van der Waals surface area contributed by atoms with Crippen LogP contribution in [0.4, 0.5) is 14.9 Å². The Hall–Kier alpha value is -4.39. The number of hydrogen-bond donors (Lipinski definition) is 3. The Morgan fingerprint density at radius 2 is 2.09 bits per heavy atom. The summed E-state index contributed by atoms with van der Waals surface area (Å²) in [5.41, 5.74) is 3.11. The minimum Gasteiger partial charge on any atom is -0.507 e. The molecule has 0 spiro atoms. The Balaban J connectivity index is 1.36. The highest BCUT2D eigenvalue weighted by Crippen LogP contribution is 2.27. The first-order valence-electron chi connectivity index (χ1n) is 9.23. The van der Waals surface area contributed by atoms with Crippen LogP contribution in [0.1, 0.15) is 5.56 Å². The van der Waals surface area contributed by atoms with Gasteiger partial charge in [0, 0.05) is 24.0 Å². The molecule has 0 aliphatic heterocycles. The van der Waals surface area contributed by atoms with E-state index in [1.54, 1.807) is 24.3 Å². The van der Waals surface area contributed by atoms with Gasteiger partial charge < -0.3 is 15.2 Å². The van der Waals surface area contributed by atoms with Crippen LogP contribution in [0.3, 0.4) is 0 Å². The van der Waals surface area contributed by atoms with Gasteiger partial charge in [0.25, 0.3) is 0 Å². The molecule has 4 rings (SSSR count). The largest absolute Gasteiger partial charge is 0.507 e. The number of aromatic hydroxyl groups is 1. The summed E-state index contributed by atoms with van der Waals surface area (Å²) in [6.45, 7) is 0. The van der Waals surface area contributed by atoms with Gasteiger partial charge in [0.15, 0.2) is 17.4 Å². The number of pyridine rings is 1. The number of aromatic nitrogens is 5. The molecule has 2 amide bonds. The first-order valence-corrected chi connectivity index (χ1v) is 10.0. The van der Waals surface area contributed by atoms with Gasteiger partial charge in [-0.05, 0) is 68.3 Å². The molecule has 13 heteroatoms. The fourth-order valence-corrected chi connectivity index (χ4v) is 2.97. The summed E-state index contributed by atoms with van der Waals surface area (Å²) in [4.78, 5) is 16.1. The van der Waals surface area contributed by atoms with Gasteiger partial charge in [0.1, 0.15) is 17.8 Å². The number of tetrazole rings is 1. The van der Waals surface area contributed by atoms with Crippen LogP contribution in [0, 0.1) is 5.82 Å². The smallest absolute Gasteiger partial charge is 0.339 e. The molecule has 0 aliphatic carbocycles. The topological polar surface area (TPSA) is 139 Å². The number of hydrogen-bond acceptors (Lipinski definition) is 8. The van der Waals surface area contributed by atoms with Crippen LogP contribution in [0.2, 0.25) is 0 Å². The van der Waals surface area contributed by atoms with Gasteiger partial charge in [-0.3, -0.25) is 0 Å². The van der Waals surface area contributed by atoms with Crippen LogP contribution < -0.4 is 15.5 Å². The van der Waals surface area contributed by atoms with E-state index in [-0.39, 0.29) is 17.2 Å². The average Bonchev–Trinajstić information content (AvgIpc) is 3.33. The first kappa shape index (κ1) is 21.8. The predicted octanol–water partition coefficient (Wildman–Crippen LogP) is 3.61. The van der Waals surface area contributed by atoms with Crippen molar-refractivity contribution >= 4 is 33.9 Å². The molecule has 166 valence electrons. The molecule has 0 saturated carbocycles. The van der Waals surface area contributed by atoms with E-state index in [4.69, 9.17) is 4.74 Å². The number of carbonyl (C=O) groups excluding carboxylic acids is 1. The quantitative estimate of drug-likeness (QED) is 0.264. The zero-order valence-corrected chi connectivity index (χ0v) is 18.1. The van der Waals surface area contributed by atoms with Gasteiger partial charge in [-0.15, -0.1) is 5.10 Å². The molecular weight excluding hydrogens is 499 g/mol. The van der Waals surface area contributed by atoms with E-state index >= 15 is 0 Å². The number of nitrogens with one attached hydrogen (secondary N) is 2. The van der Waals surface area contributed by atoms with E-state index in [9.17, 15) is 14.3 Å². The molecule has 33 heavy (non-hydrogen) atoms. The number of benzene rings is 2. The van der Waals surface area contributed by atoms with Crippen LogP contribution in [0.5, 0.6) is 17.2 Å². The second-order valence-corrected chi connectivity index (χ2v) is 7.24. The van der Waals surface area contributed by atoms with E-state index in [1.165, 1.54) is 41.6 Å². The molecule has 2 heterocycles. The molecule has 0 unspecified atom stereocenters. The SMILES string of the molecule is O=C(N/N=C/c1ccc(O)c(Br)c1)Nc1ccc(Oc2ccnc(-n3cnnn3)c2)c(F)c1. The number of rotatable bonds is 6. The van der Waals surface area contributed by atoms with E-state index < -0.39 is 11.8 Å². The molecule has 0 saturated heterocycles. The lowest BCUT2D eigenvalue weighted by molar-refractivity contribution is 0.252. The number of anilines is 1. The highest BCUT2D eigenvalue weighted by atomic mass is 79.9. The highest BCUT2D eigenvalue weighted by Gasteiger charge is 2.10. The van der Waals surface area contributed by atoms with Crippen LogP contribution in [-0.4, -0.2) is 42.5 Å². The monoisotopic (exact) mass is 512 g/mol. The highest BCUT2D eigenvalue weighted by molar-refractivity contribution is 9.10. The summed E-state index contributed by atoms with van der Waals surface area (Å²) in [6.07, 6.45) is 4.23. The van der Waals surface area contributed by atoms with Crippen LogP contribution in [0.15, 0.2) is 70.6 Å². The summed E-state index contributed by atoms with van der Waals surface area (Å²) in [7, 11) is 0. The molecular formula is C20H14BrFN8O3. The maximum Gasteiger partial charge on any atom is 0.339 e. The second kappa shape index (κ2) is 9.82. The van der Waals surface area contributed by atoms with Crippen molar-refractivity contribution in [1.82, 2.24) is 30.6 Å². The Labute approximate surface area is 194 Å². The summed E-state index contributed by atoms with van der Waals surface area (Å²) < 4.78 is 21.9. The number of halogens is 2. The third-order valence-corrected chi connectivity index (χ3v) is 4.70. The lowest BCUT2D eigenvalue weighted by Crippen LogP contribution is -2.24. The minimum atomic E-state index is -0.689. The zero-order valence-electron chi connectivity index (χ0n) is 16.6. The Morgan fingerprint density at radius 3 is 2.85 bits per heavy atom. The molecule has 0 aliphatic rings. The van der Waals surface area contributed by atoms with E-state index in [2.05, 4.69) is 52.3 Å². The second-order valence-electron chi connectivity index (χ2n) is 6.39. The Kier molecular flexibility index (Phi) is 6.50. The average molecular weight is 513 g/mol. The van der Waals surface area contributed by atoms with Crippen molar-refractivity contribution in [3.05, 3.63) is 76.9 Å².